The molecule has 5 nitrogen and oxygen atoms in total. The maximum absolute atomic E-state index is 6.02. The van der Waals surface area contributed by atoms with Crippen molar-refractivity contribution in [2.75, 3.05) is 5.32 Å². The van der Waals surface area contributed by atoms with E-state index >= 15 is 0 Å². The average molecular weight is 322 g/mol. The third-order valence-corrected chi connectivity index (χ3v) is 3.65. The number of nitrogens with zero attached hydrogens (tertiary/aromatic N) is 4. The Balaban J connectivity index is 1.91. The first-order valence-corrected chi connectivity index (χ1v) is 7.46. The summed E-state index contributed by atoms with van der Waals surface area (Å²) >= 11 is 6.02. The van der Waals surface area contributed by atoms with Crippen LogP contribution in [0.15, 0.2) is 67.0 Å². The number of imidazole rings is 1. The summed E-state index contributed by atoms with van der Waals surface area (Å²) in [6.45, 7) is 0. The fraction of sp³-hybridized carbons (Fsp3) is 0. The molecular weight excluding hydrogens is 310 g/mol. The van der Waals surface area contributed by atoms with Gasteiger partial charge in [-0.25, -0.2) is 15.0 Å². The van der Waals surface area contributed by atoms with Crippen molar-refractivity contribution in [3.8, 4) is 5.82 Å². The monoisotopic (exact) mass is 321 g/mol. The molecule has 1 N–H and O–H groups in total. The maximum atomic E-state index is 6.02. The summed E-state index contributed by atoms with van der Waals surface area (Å²) < 4.78 is 1.93. The first-order valence-electron chi connectivity index (χ1n) is 7.09. The van der Waals surface area contributed by atoms with Crippen molar-refractivity contribution in [3.05, 3.63) is 72.1 Å². The molecule has 6 heteroatoms. The molecule has 0 amide bonds. The third kappa shape index (κ3) is 2.62. The van der Waals surface area contributed by atoms with Gasteiger partial charge >= 0.3 is 0 Å². The van der Waals surface area contributed by atoms with E-state index in [4.69, 9.17) is 11.6 Å². The van der Waals surface area contributed by atoms with Crippen LogP contribution in [0.3, 0.4) is 0 Å². The van der Waals surface area contributed by atoms with E-state index in [1.807, 2.05) is 59.2 Å². The second-order valence-corrected chi connectivity index (χ2v) is 5.34. The Labute approximate surface area is 137 Å². The zero-order valence-corrected chi connectivity index (χ0v) is 12.8. The van der Waals surface area contributed by atoms with E-state index in [9.17, 15) is 0 Å². The van der Waals surface area contributed by atoms with Gasteiger partial charge in [-0.15, -0.1) is 0 Å². The highest BCUT2D eigenvalue weighted by molar-refractivity contribution is 6.29. The van der Waals surface area contributed by atoms with Gasteiger partial charge in [-0.3, -0.25) is 4.57 Å². The van der Waals surface area contributed by atoms with Crippen LogP contribution in [0.4, 0.5) is 11.6 Å². The molecule has 0 saturated heterocycles. The molecule has 2 aromatic heterocycles. The summed E-state index contributed by atoms with van der Waals surface area (Å²) in [5, 5.41) is 3.72. The minimum atomic E-state index is 0.387. The zero-order valence-electron chi connectivity index (χ0n) is 12.0. The number of rotatable bonds is 3. The van der Waals surface area contributed by atoms with E-state index in [2.05, 4.69) is 20.3 Å². The Kier molecular flexibility index (Phi) is 3.40. The molecule has 4 aromatic rings. The number of para-hydroxylation sites is 3. The van der Waals surface area contributed by atoms with E-state index in [-0.39, 0.29) is 0 Å². The predicted molar refractivity (Wildman–Crippen MR) is 91.4 cm³/mol. The number of halogens is 1. The summed E-state index contributed by atoms with van der Waals surface area (Å²) in [7, 11) is 0. The standard InChI is InChI=1S/C17H12ClN5/c18-15-10-16(20-11-19-15)23-14-9-5-4-8-13(14)22-17(23)21-12-6-2-1-3-7-12/h1-11H,(H,21,22). The molecule has 0 aliphatic carbocycles. The van der Waals surface area contributed by atoms with Crippen molar-refractivity contribution in [2.24, 2.45) is 0 Å². The van der Waals surface area contributed by atoms with Crippen LogP contribution in [-0.2, 0) is 0 Å². The SMILES string of the molecule is Clc1cc(-n2c(Nc3ccccc3)nc3ccccc32)ncn1. The minimum absolute atomic E-state index is 0.387. The molecule has 4 rings (SSSR count). The highest BCUT2D eigenvalue weighted by atomic mass is 35.5. The maximum Gasteiger partial charge on any atom is 0.214 e. The number of hydrogen-bond acceptors (Lipinski definition) is 4. The largest absolute Gasteiger partial charge is 0.325 e. The molecule has 0 saturated carbocycles. The number of aromatic nitrogens is 4. The Morgan fingerprint density at radius 3 is 2.52 bits per heavy atom. The molecule has 0 aliphatic rings. The van der Waals surface area contributed by atoms with Gasteiger partial charge < -0.3 is 5.32 Å². The summed E-state index contributed by atoms with van der Waals surface area (Å²) in [4.78, 5) is 12.9. The summed E-state index contributed by atoms with van der Waals surface area (Å²) in [6, 6.07) is 19.5. The highest BCUT2D eigenvalue weighted by Crippen LogP contribution is 2.26. The molecule has 2 heterocycles. The molecule has 2 aromatic carbocycles. The van der Waals surface area contributed by atoms with Gasteiger partial charge in [0.15, 0.2) is 0 Å². The Hall–Kier alpha value is -2.92. The Morgan fingerprint density at radius 1 is 0.913 bits per heavy atom. The molecule has 0 unspecified atom stereocenters. The molecule has 0 aliphatic heterocycles. The number of fused-ring (bicyclic) bond motifs is 1. The van der Waals surface area contributed by atoms with E-state index in [1.165, 1.54) is 6.33 Å². The van der Waals surface area contributed by atoms with Crippen LogP contribution in [0.1, 0.15) is 0 Å². The van der Waals surface area contributed by atoms with Gasteiger partial charge in [0.1, 0.15) is 17.3 Å². The first kappa shape index (κ1) is 13.7. The van der Waals surface area contributed by atoms with Crippen molar-refractivity contribution in [1.82, 2.24) is 19.5 Å². The van der Waals surface area contributed by atoms with Crippen molar-refractivity contribution < 1.29 is 0 Å². The quantitative estimate of drug-likeness (QED) is 0.574. The molecule has 0 fully saturated rings. The zero-order chi connectivity index (χ0) is 15.6. The number of hydrogen-bond donors (Lipinski definition) is 1. The molecule has 0 atom stereocenters. The van der Waals surface area contributed by atoms with E-state index in [0.29, 0.717) is 16.9 Å². The lowest BCUT2D eigenvalue weighted by Crippen LogP contribution is -2.03. The number of anilines is 2. The molecular formula is C17H12ClN5. The van der Waals surface area contributed by atoms with Crippen LogP contribution < -0.4 is 5.32 Å². The summed E-state index contributed by atoms with van der Waals surface area (Å²) in [6.07, 6.45) is 1.44. The minimum Gasteiger partial charge on any atom is -0.325 e. The van der Waals surface area contributed by atoms with Gasteiger partial charge in [0.2, 0.25) is 5.95 Å². The van der Waals surface area contributed by atoms with Gasteiger partial charge in [-0.1, -0.05) is 41.9 Å². The van der Waals surface area contributed by atoms with Crippen LogP contribution in [0.2, 0.25) is 5.15 Å². The van der Waals surface area contributed by atoms with E-state index < -0.39 is 0 Å². The van der Waals surface area contributed by atoms with Crippen molar-refractivity contribution in [2.45, 2.75) is 0 Å². The highest BCUT2D eigenvalue weighted by Gasteiger charge is 2.13. The van der Waals surface area contributed by atoms with Gasteiger partial charge in [0.25, 0.3) is 0 Å². The van der Waals surface area contributed by atoms with Crippen LogP contribution in [0, 0.1) is 0 Å². The second-order valence-electron chi connectivity index (χ2n) is 4.95. The van der Waals surface area contributed by atoms with Crippen molar-refractivity contribution in [3.63, 3.8) is 0 Å². The normalized spacial score (nSPS) is 10.8. The van der Waals surface area contributed by atoms with Gasteiger partial charge in [0, 0.05) is 11.8 Å². The number of nitrogens with one attached hydrogen (secondary N) is 1. The first-order chi connectivity index (χ1) is 11.3. The average Bonchev–Trinajstić information content (AvgIpc) is 2.93. The van der Waals surface area contributed by atoms with Crippen molar-refractivity contribution >= 4 is 34.3 Å². The van der Waals surface area contributed by atoms with E-state index in [0.717, 1.165) is 16.7 Å². The summed E-state index contributed by atoms with van der Waals surface area (Å²) in [5.74, 6) is 1.34. The van der Waals surface area contributed by atoms with Gasteiger partial charge in [0.05, 0.1) is 11.0 Å². The lowest BCUT2D eigenvalue weighted by Gasteiger charge is -2.10. The lowest BCUT2D eigenvalue weighted by molar-refractivity contribution is 1.00. The second kappa shape index (κ2) is 5.70. The molecule has 0 radical (unpaired) electrons. The molecule has 0 spiro atoms. The third-order valence-electron chi connectivity index (χ3n) is 3.44. The lowest BCUT2D eigenvalue weighted by atomic mass is 10.3. The molecule has 0 bridgehead atoms. The van der Waals surface area contributed by atoms with Crippen molar-refractivity contribution in [1.29, 1.82) is 0 Å². The Bertz CT molecular complexity index is 965. The van der Waals surface area contributed by atoms with Gasteiger partial charge in [-0.2, -0.15) is 0 Å². The summed E-state index contributed by atoms with van der Waals surface area (Å²) in [5.41, 5.74) is 2.77. The topological polar surface area (TPSA) is 55.6 Å². The van der Waals surface area contributed by atoms with Crippen LogP contribution in [0.5, 0.6) is 0 Å². The van der Waals surface area contributed by atoms with Gasteiger partial charge in [-0.05, 0) is 24.3 Å². The van der Waals surface area contributed by atoms with Crippen LogP contribution in [-0.4, -0.2) is 19.5 Å². The number of benzene rings is 2. The predicted octanol–water partition coefficient (Wildman–Crippen LogP) is 4.21. The van der Waals surface area contributed by atoms with Crippen LogP contribution >= 0.6 is 11.6 Å². The van der Waals surface area contributed by atoms with Crippen LogP contribution in [0.25, 0.3) is 16.9 Å². The smallest absolute Gasteiger partial charge is 0.214 e. The molecule has 112 valence electrons. The molecule has 23 heavy (non-hydrogen) atoms. The fourth-order valence-electron chi connectivity index (χ4n) is 2.44. The fourth-order valence-corrected chi connectivity index (χ4v) is 2.58. The van der Waals surface area contributed by atoms with E-state index in [1.54, 1.807) is 6.07 Å². The Morgan fingerprint density at radius 2 is 1.70 bits per heavy atom.